The number of hydrogen-bond donors (Lipinski definition) is 3. The maximum Gasteiger partial charge on any atom is 0.387 e. The van der Waals surface area contributed by atoms with E-state index < -0.39 is 6.61 Å². The summed E-state index contributed by atoms with van der Waals surface area (Å²) in [5, 5.41) is 21.0. The summed E-state index contributed by atoms with van der Waals surface area (Å²) in [6.07, 6.45) is 1.58. The van der Waals surface area contributed by atoms with Crippen LogP contribution in [0.5, 0.6) is 5.75 Å². The van der Waals surface area contributed by atoms with E-state index >= 15 is 0 Å². The lowest BCUT2D eigenvalue weighted by atomic mass is 10.1. The van der Waals surface area contributed by atoms with E-state index in [1.807, 2.05) is 6.92 Å². The van der Waals surface area contributed by atoms with E-state index in [0.29, 0.717) is 0 Å². The van der Waals surface area contributed by atoms with Crippen LogP contribution in [0.2, 0.25) is 0 Å². The van der Waals surface area contributed by atoms with E-state index in [9.17, 15) is 8.78 Å². The van der Waals surface area contributed by atoms with Crippen molar-refractivity contribution in [1.82, 2.24) is 5.32 Å². The van der Waals surface area contributed by atoms with Crippen molar-refractivity contribution in [3.63, 3.8) is 0 Å². The zero-order chi connectivity index (χ0) is 15.0. The maximum absolute atomic E-state index is 12.0. The quantitative estimate of drug-likeness (QED) is 0.645. The molecular weight excluding hydrogens is 268 g/mol. The van der Waals surface area contributed by atoms with Gasteiger partial charge in [0, 0.05) is 6.04 Å². The minimum atomic E-state index is -2.81. The lowest BCUT2D eigenvalue weighted by Crippen LogP contribution is -2.41. The standard InChI is InChI=1S/C14H21F2NO3/c1-10(17-12(8-18)9-19)2-3-11-4-6-13(7-5-11)20-14(15)16/h4-7,10,12,14,17-19H,2-3,8-9H2,1H3. The summed E-state index contributed by atoms with van der Waals surface area (Å²) < 4.78 is 28.3. The first-order valence-corrected chi connectivity index (χ1v) is 6.56. The molecule has 1 aromatic carbocycles. The Bertz CT molecular complexity index is 369. The molecular formula is C14H21F2NO3. The number of aliphatic hydroxyl groups excluding tert-OH is 2. The highest BCUT2D eigenvalue weighted by atomic mass is 19.3. The number of ether oxygens (including phenoxy) is 1. The highest BCUT2D eigenvalue weighted by molar-refractivity contribution is 5.27. The van der Waals surface area contributed by atoms with E-state index in [1.165, 1.54) is 12.1 Å². The zero-order valence-electron chi connectivity index (χ0n) is 11.4. The smallest absolute Gasteiger partial charge is 0.387 e. The molecule has 3 N–H and O–H groups in total. The van der Waals surface area contributed by atoms with E-state index in [0.717, 1.165) is 18.4 Å². The second kappa shape index (κ2) is 8.84. The van der Waals surface area contributed by atoms with Crippen LogP contribution in [0, 0.1) is 0 Å². The minimum Gasteiger partial charge on any atom is -0.435 e. The van der Waals surface area contributed by atoms with Gasteiger partial charge < -0.3 is 20.3 Å². The average molecular weight is 289 g/mol. The first-order valence-electron chi connectivity index (χ1n) is 6.56. The normalized spacial score (nSPS) is 12.9. The molecule has 4 nitrogen and oxygen atoms in total. The molecule has 0 fully saturated rings. The Morgan fingerprint density at radius 3 is 2.25 bits per heavy atom. The fourth-order valence-corrected chi connectivity index (χ4v) is 1.87. The van der Waals surface area contributed by atoms with Crippen molar-refractivity contribution in [2.24, 2.45) is 0 Å². The van der Waals surface area contributed by atoms with E-state index in [2.05, 4.69) is 10.1 Å². The molecule has 0 aliphatic carbocycles. The zero-order valence-corrected chi connectivity index (χ0v) is 11.4. The Kier molecular flexibility index (Phi) is 7.43. The van der Waals surface area contributed by atoms with E-state index in [1.54, 1.807) is 12.1 Å². The topological polar surface area (TPSA) is 61.7 Å². The van der Waals surface area contributed by atoms with Gasteiger partial charge in [-0.05, 0) is 37.5 Å². The molecule has 0 bridgehead atoms. The van der Waals surface area contributed by atoms with Crippen molar-refractivity contribution in [3.8, 4) is 5.75 Å². The van der Waals surface area contributed by atoms with Gasteiger partial charge in [0.25, 0.3) is 0 Å². The van der Waals surface area contributed by atoms with Crippen molar-refractivity contribution in [2.75, 3.05) is 13.2 Å². The Morgan fingerprint density at radius 1 is 1.15 bits per heavy atom. The Hall–Kier alpha value is -1.24. The highest BCUT2D eigenvalue weighted by Crippen LogP contribution is 2.16. The molecule has 6 heteroatoms. The third-order valence-electron chi connectivity index (χ3n) is 2.98. The van der Waals surface area contributed by atoms with Gasteiger partial charge in [-0.25, -0.2) is 0 Å². The number of rotatable bonds is 9. The van der Waals surface area contributed by atoms with Crippen molar-refractivity contribution < 1.29 is 23.7 Å². The number of aliphatic hydroxyl groups is 2. The lowest BCUT2D eigenvalue weighted by molar-refractivity contribution is -0.0498. The van der Waals surface area contributed by atoms with E-state index in [4.69, 9.17) is 10.2 Å². The Balaban J connectivity index is 2.37. The van der Waals surface area contributed by atoms with Gasteiger partial charge in [-0.2, -0.15) is 8.78 Å². The third-order valence-corrected chi connectivity index (χ3v) is 2.98. The summed E-state index contributed by atoms with van der Waals surface area (Å²) in [5.74, 6) is 0.149. The summed E-state index contributed by atoms with van der Waals surface area (Å²) >= 11 is 0. The molecule has 0 saturated carbocycles. The number of nitrogens with one attached hydrogen (secondary N) is 1. The predicted octanol–water partition coefficient (Wildman–Crippen LogP) is 1.55. The first-order chi connectivity index (χ1) is 9.55. The van der Waals surface area contributed by atoms with Crippen LogP contribution >= 0.6 is 0 Å². The predicted molar refractivity (Wildman–Crippen MR) is 72.0 cm³/mol. The van der Waals surface area contributed by atoms with Crippen molar-refractivity contribution in [1.29, 1.82) is 0 Å². The van der Waals surface area contributed by atoms with Gasteiger partial charge in [-0.1, -0.05) is 12.1 Å². The van der Waals surface area contributed by atoms with Crippen LogP contribution in [-0.4, -0.2) is 42.1 Å². The lowest BCUT2D eigenvalue weighted by Gasteiger charge is -2.19. The molecule has 1 aromatic rings. The monoisotopic (exact) mass is 289 g/mol. The molecule has 0 aliphatic rings. The first kappa shape index (κ1) is 16.8. The van der Waals surface area contributed by atoms with Crippen LogP contribution in [-0.2, 0) is 6.42 Å². The van der Waals surface area contributed by atoms with Crippen LogP contribution in [0.4, 0.5) is 8.78 Å². The SMILES string of the molecule is CC(CCc1ccc(OC(F)F)cc1)NC(CO)CO. The average Bonchev–Trinajstić information content (AvgIpc) is 2.43. The van der Waals surface area contributed by atoms with Crippen LogP contribution in [0.3, 0.4) is 0 Å². The Morgan fingerprint density at radius 2 is 1.75 bits per heavy atom. The van der Waals surface area contributed by atoms with Crippen molar-refractivity contribution >= 4 is 0 Å². The minimum absolute atomic E-state index is 0.111. The summed E-state index contributed by atoms with van der Waals surface area (Å²) in [6.45, 7) is -1.06. The summed E-state index contributed by atoms with van der Waals surface area (Å²) in [6, 6.07) is 6.36. The molecule has 0 saturated heterocycles. The molecule has 0 radical (unpaired) electrons. The molecule has 0 aromatic heterocycles. The molecule has 0 heterocycles. The number of aryl methyl sites for hydroxylation is 1. The molecule has 0 aliphatic heterocycles. The van der Waals surface area contributed by atoms with Gasteiger partial charge in [0.15, 0.2) is 0 Å². The van der Waals surface area contributed by atoms with Gasteiger partial charge in [0.1, 0.15) is 5.75 Å². The van der Waals surface area contributed by atoms with Crippen LogP contribution in [0.25, 0.3) is 0 Å². The second-order valence-corrected chi connectivity index (χ2v) is 4.69. The van der Waals surface area contributed by atoms with Gasteiger partial charge >= 0.3 is 6.61 Å². The highest BCUT2D eigenvalue weighted by Gasteiger charge is 2.10. The summed E-state index contributed by atoms with van der Waals surface area (Å²) in [7, 11) is 0. The van der Waals surface area contributed by atoms with Crippen LogP contribution in [0.15, 0.2) is 24.3 Å². The van der Waals surface area contributed by atoms with Crippen LogP contribution < -0.4 is 10.1 Å². The maximum atomic E-state index is 12.0. The van der Waals surface area contributed by atoms with Gasteiger partial charge in [-0.15, -0.1) is 0 Å². The largest absolute Gasteiger partial charge is 0.435 e. The molecule has 0 spiro atoms. The summed E-state index contributed by atoms with van der Waals surface area (Å²) in [5.41, 5.74) is 1.02. The van der Waals surface area contributed by atoms with Gasteiger partial charge in [0.05, 0.1) is 19.3 Å². The summed E-state index contributed by atoms with van der Waals surface area (Å²) in [4.78, 5) is 0. The molecule has 0 amide bonds. The van der Waals surface area contributed by atoms with Gasteiger partial charge in [0.2, 0.25) is 0 Å². The van der Waals surface area contributed by atoms with E-state index in [-0.39, 0.29) is 31.0 Å². The number of benzene rings is 1. The molecule has 114 valence electrons. The number of halogens is 2. The number of hydrogen-bond acceptors (Lipinski definition) is 4. The fraction of sp³-hybridized carbons (Fsp3) is 0.571. The molecule has 1 rings (SSSR count). The van der Waals surface area contributed by atoms with Crippen LogP contribution in [0.1, 0.15) is 18.9 Å². The molecule has 1 unspecified atom stereocenters. The fourth-order valence-electron chi connectivity index (χ4n) is 1.87. The molecule has 1 atom stereocenters. The van der Waals surface area contributed by atoms with Gasteiger partial charge in [-0.3, -0.25) is 0 Å². The number of alkyl halides is 2. The van der Waals surface area contributed by atoms with Crippen molar-refractivity contribution in [3.05, 3.63) is 29.8 Å². The Labute approximate surface area is 117 Å². The third kappa shape index (κ3) is 6.27. The second-order valence-electron chi connectivity index (χ2n) is 4.69. The molecule has 20 heavy (non-hydrogen) atoms. The van der Waals surface area contributed by atoms with Crippen molar-refractivity contribution in [2.45, 2.75) is 38.5 Å².